The highest BCUT2D eigenvalue weighted by atomic mass is 32.2. The first-order valence-corrected chi connectivity index (χ1v) is 7.74. The Morgan fingerprint density at radius 3 is 2.70 bits per heavy atom. The minimum absolute atomic E-state index is 0.141. The molecule has 1 aromatic carbocycles. The largest absolute Gasteiger partial charge is 0.354 e. The quantitative estimate of drug-likeness (QED) is 0.867. The number of hydrogen-bond acceptors (Lipinski definition) is 3. The van der Waals surface area contributed by atoms with Gasteiger partial charge in [-0.15, -0.1) is 0 Å². The third-order valence-electron chi connectivity index (χ3n) is 3.41. The van der Waals surface area contributed by atoms with Crippen LogP contribution in [0.15, 0.2) is 29.2 Å². The first-order chi connectivity index (χ1) is 9.54. The molecule has 2 amide bonds. The van der Waals surface area contributed by atoms with Crippen molar-refractivity contribution in [3.63, 3.8) is 0 Å². The Morgan fingerprint density at radius 2 is 2.05 bits per heavy atom. The van der Waals surface area contributed by atoms with E-state index in [2.05, 4.69) is 5.32 Å². The molecule has 0 fully saturated rings. The summed E-state index contributed by atoms with van der Waals surface area (Å²) in [5, 5.41) is 2.84. The van der Waals surface area contributed by atoms with Gasteiger partial charge in [0.05, 0.1) is 5.69 Å². The van der Waals surface area contributed by atoms with Gasteiger partial charge in [-0.05, 0) is 32.4 Å². The van der Waals surface area contributed by atoms with Crippen molar-refractivity contribution in [2.24, 2.45) is 0 Å². The first kappa shape index (κ1) is 14.9. The predicted molar refractivity (Wildman–Crippen MR) is 82.0 cm³/mol. The number of para-hydroxylation sites is 1. The summed E-state index contributed by atoms with van der Waals surface area (Å²) in [6.07, 6.45) is 0.856. The molecule has 1 atom stereocenters. The molecule has 5 heteroatoms. The molecule has 0 saturated heterocycles. The maximum Gasteiger partial charge on any atom is 0.252 e. The standard InChI is InChI=1S/C15H20N2O2S/c1-4-10-16-13(18)15(3)14(19)17(5-2)11-8-6-7-9-12(11)20-15/h6-9H,4-5,10H2,1-3H3,(H,16,18). The lowest BCUT2D eigenvalue weighted by atomic mass is 10.1. The molecule has 1 N–H and O–H groups in total. The van der Waals surface area contributed by atoms with Crippen LogP contribution in [0.5, 0.6) is 0 Å². The van der Waals surface area contributed by atoms with E-state index in [1.807, 2.05) is 38.1 Å². The zero-order valence-electron chi connectivity index (χ0n) is 12.1. The topological polar surface area (TPSA) is 49.4 Å². The van der Waals surface area contributed by atoms with E-state index < -0.39 is 4.75 Å². The minimum Gasteiger partial charge on any atom is -0.354 e. The molecule has 1 aliphatic rings. The monoisotopic (exact) mass is 292 g/mol. The average Bonchev–Trinajstić information content (AvgIpc) is 2.46. The molecule has 0 bridgehead atoms. The van der Waals surface area contributed by atoms with E-state index in [0.29, 0.717) is 13.1 Å². The summed E-state index contributed by atoms with van der Waals surface area (Å²) in [5.74, 6) is -0.348. The second-order valence-electron chi connectivity index (χ2n) is 4.91. The van der Waals surface area contributed by atoms with Gasteiger partial charge in [-0.2, -0.15) is 0 Å². The molecule has 1 unspecified atom stereocenters. The zero-order chi connectivity index (χ0) is 14.8. The van der Waals surface area contributed by atoms with Gasteiger partial charge in [-0.25, -0.2) is 0 Å². The van der Waals surface area contributed by atoms with Crippen LogP contribution in [0.4, 0.5) is 5.69 Å². The number of rotatable bonds is 4. The molecule has 0 spiro atoms. The Bertz CT molecular complexity index is 532. The highest BCUT2D eigenvalue weighted by Gasteiger charge is 2.48. The Hall–Kier alpha value is -1.49. The van der Waals surface area contributed by atoms with E-state index in [1.54, 1.807) is 11.8 Å². The normalized spacial score (nSPS) is 21.6. The molecular weight excluding hydrogens is 272 g/mol. The Kier molecular flexibility index (Phi) is 4.38. The summed E-state index contributed by atoms with van der Waals surface area (Å²) in [6.45, 7) is 6.79. The second kappa shape index (κ2) is 5.87. The van der Waals surface area contributed by atoms with E-state index >= 15 is 0 Å². The minimum atomic E-state index is -1.08. The van der Waals surface area contributed by atoms with Gasteiger partial charge >= 0.3 is 0 Å². The number of anilines is 1. The van der Waals surface area contributed by atoms with Crippen molar-refractivity contribution in [1.82, 2.24) is 5.32 Å². The number of thioether (sulfide) groups is 1. The van der Waals surface area contributed by atoms with Gasteiger partial charge in [0.25, 0.3) is 5.91 Å². The molecule has 0 radical (unpaired) electrons. The van der Waals surface area contributed by atoms with Gasteiger partial charge in [-0.3, -0.25) is 9.59 Å². The third kappa shape index (κ3) is 2.42. The van der Waals surface area contributed by atoms with Crippen LogP contribution >= 0.6 is 11.8 Å². The van der Waals surface area contributed by atoms with Crippen LogP contribution in [-0.2, 0) is 9.59 Å². The van der Waals surface area contributed by atoms with Crippen LogP contribution in [0.2, 0.25) is 0 Å². The van der Waals surface area contributed by atoms with E-state index in [9.17, 15) is 9.59 Å². The van der Waals surface area contributed by atoms with Crippen molar-refractivity contribution >= 4 is 29.3 Å². The Labute approximate surface area is 123 Å². The van der Waals surface area contributed by atoms with Gasteiger partial charge in [0, 0.05) is 18.0 Å². The van der Waals surface area contributed by atoms with Gasteiger partial charge < -0.3 is 10.2 Å². The number of fused-ring (bicyclic) bond motifs is 1. The van der Waals surface area contributed by atoms with Crippen molar-refractivity contribution in [1.29, 1.82) is 0 Å². The van der Waals surface area contributed by atoms with Crippen LogP contribution in [0.1, 0.15) is 27.2 Å². The molecule has 4 nitrogen and oxygen atoms in total. The molecular formula is C15H20N2O2S. The van der Waals surface area contributed by atoms with E-state index in [4.69, 9.17) is 0 Å². The molecule has 1 aliphatic heterocycles. The lowest BCUT2D eigenvalue weighted by Gasteiger charge is -2.38. The number of hydrogen-bond donors (Lipinski definition) is 1. The molecule has 108 valence electrons. The van der Waals surface area contributed by atoms with Gasteiger partial charge in [-0.1, -0.05) is 30.8 Å². The molecule has 1 aromatic rings. The average molecular weight is 292 g/mol. The summed E-state index contributed by atoms with van der Waals surface area (Å²) < 4.78 is -1.08. The van der Waals surface area contributed by atoms with Crippen molar-refractivity contribution in [2.45, 2.75) is 36.8 Å². The summed E-state index contributed by atoms with van der Waals surface area (Å²) >= 11 is 1.34. The van der Waals surface area contributed by atoms with Crippen LogP contribution in [0, 0.1) is 0 Å². The second-order valence-corrected chi connectivity index (χ2v) is 6.37. The smallest absolute Gasteiger partial charge is 0.252 e. The predicted octanol–water partition coefficient (Wildman–Crippen LogP) is 2.43. The summed E-state index contributed by atoms with van der Waals surface area (Å²) in [5.41, 5.74) is 0.894. The maximum absolute atomic E-state index is 12.7. The number of amides is 2. The van der Waals surface area contributed by atoms with Gasteiger partial charge in [0.2, 0.25) is 5.91 Å². The molecule has 2 rings (SSSR count). The number of nitrogens with zero attached hydrogens (tertiary/aromatic N) is 1. The fraction of sp³-hybridized carbons (Fsp3) is 0.467. The molecule has 0 aliphatic carbocycles. The lowest BCUT2D eigenvalue weighted by molar-refractivity contribution is -0.131. The Balaban J connectivity index is 2.38. The molecule has 0 saturated carbocycles. The molecule has 0 aromatic heterocycles. The van der Waals surface area contributed by atoms with Crippen LogP contribution < -0.4 is 10.2 Å². The first-order valence-electron chi connectivity index (χ1n) is 6.93. The summed E-state index contributed by atoms with van der Waals surface area (Å²) in [4.78, 5) is 27.7. The van der Waals surface area contributed by atoms with Crippen LogP contribution in [0.25, 0.3) is 0 Å². The van der Waals surface area contributed by atoms with Crippen molar-refractivity contribution in [3.05, 3.63) is 24.3 Å². The highest BCUT2D eigenvalue weighted by molar-refractivity contribution is 8.02. The van der Waals surface area contributed by atoms with Gasteiger partial charge in [0.1, 0.15) is 0 Å². The fourth-order valence-electron chi connectivity index (χ4n) is 2.26. The number of nitrogens with one attached hydrogen (secondary N) is 1. The summed E-state index contributed by atoms with van der Waals surface area (Å²) in [6, 6.07) is 7.72. The van der Waals surface area contributed by atoms with Crippen molar-refractivity contribution < 1.29 is 9.59 Å². The molecule has 1 heterocycles. The number of carbonyl (C=O) groups excluding carboxylic acids is 2. The van der Waals surface area contributed by atoms with E-state index in [1.165, 1.54) is 11.8 Å². The van der Waals surface area contributed by atoms with Crippen molar-refractivity contribution in [3.8, 4) is 0 Å². The van der Waals surface area contributed by atoms with Crippen LogP contribution in [0.3, 0.4) is 0 Å². The van der Waals surface area contributed by atoms with Gasteiger partial charge in [0.15, 0.2) is 4.75 Å². The number of carbonyl (C=O) groups is 2. The van der Waals surface area contributed by atoms with E-state index in [-0.39, 0.29) is 11.8 Å². The Morgan fingerprint density at radius 1 is 1.35 bits per heavy atom. The fourth-order valence-corrected chi connectivity index (χ4v) is 3.49. The van der Waals surface area contributed by atoms with E-state index in [0.717, 1.165) is 17.0 Å². The van der Waals surface area contributed by atoms with Crippen LogP contribution in [-0.4, -0.2) is 29.7 Å². The molecule has 20 heavy (non-hydrogen) atoms. The number of benzene rings is 1. The summed E-state index contributed by atoms with van der Waals surface area (Å²) in [7, 11) is 0. The maximum atomic E-state index is 12.7. The third-order valence-corrected chi connectivity index (χ3v) is 4.74. The highest BCUT2D eigenvalue weighted by Crippen LogP contribution is 2.45. The SMILES string of the molecule is CCCNC(=O)C1(C)Sc2ccccc2N(CC)C1=O. The lowest BCUT2D eigenvalue weighted by Crippen LogP contribution is -2.56. The zero-order valence-corrected chi connectivity index (χ0v) is 12.9. The van der Waals surface area contributed by atoms with Crippen molar-refractivity contribution in [2.75, 3.05) is 18.0 Å².